The van der Waals surface area contributed by atoms with Gasteiger partial charge < -0.3 is 5.32 Å². The highest BCUT2D eigenvalue weighted by Gasteiger charge is 2.20. The number of nitrogens with zero attached hydrogens (tertiary/aromatic N) is 1. The van der Waals surface area contributed by atoms with Crippen molar-refractivity contribution in [1.82, 2.24) is 15.6 Å². The smallest absolute Gasteiger partial charge is 0.273 e. The molecule has 0 radical (unpaired) electrons. The van der Waals surface area contributed by atoms with Gasteiger partial charge in [0.05, 0.1) is 5.52 Å². The number of thiocarbonyl (C=S) groups is 1. The standard InChI is InChI=1S/C13H9N3OS/c17-12-11(15-13(18)16-12)7-8-5-6-14-10-4-2-1-3-9(8)10/h1-7H,(H2,15,16,17,18). The first-order valence-corrected chi connectivity index (χ1v) is 5.83. The van der Waals surface area contributed by atoms with Gasteiger partial charge in [-0.15, -0.1) is 0 Å². The lowest BCUT2D eigenvalue weighted by Gasteiger charge is -2.02. The third-order valence-electron chi connectivity index (χ3n) is 2.70. The van der Waals surface area contributed by atoms with Crippen molar-refractivity contribution in [1.29, 1.82) is 0 Å². The van der Waals surface area contributed by atoms with Crippen molar-refractivity contribution >= 4 is 40.2 Å². The van der Waals surface area contributed by atoms with E-state index in [0.29, 0.717) is 10.8 Å². The van der Waals surface area contributed by atoms with Gasteiger partial charge >= 0.3 is 0 Å². The van der Waals surface area contributed by atoms with Crippen LogP contribution in [0.4, 0.5) is 0 Å². The third-order valence-corrected chi connectivity index (χ3v) is 2.91. The van der Waals surface area contributed by atoms with E-state index >= 15 is 0 Å². The number of nitrogens with one attached hydrogen (secondary N) is 2. The summed E-state index contributed by atoms with van der Waals surface area (Å²) in [6, 6.07) is 9.65. The summed E-state index contributed by atoms with van der Waals surface area (Å²) in [5.74, 6) is -0.208. The monoisotopic (exact) mass is 255 g/mol. The first-order valence-electron chi connectivity index (χ1n) is 5.42. The van der Waals surface area contributed by atoms with Gasteiger partial charge in [-0.3, -0.25) is 15.1 Å². The Morgan fingerprint density at radius 3 is 2.78 bits per heavy atom. The second kappa shape index (κ2) is 4.19. The third kappa shape index (κ3) is 1.84. The van der Waals surface area contributed by atoms with Crippen LogP contribution >= 0.6 is 12.2 Å². The maximum Gasteiger partial charge on any atom is 0.273 e. The van der Waals surface area contributed by atoms with Crippen LogP contribution in [0.3, 0.4) is 0 Å². The van der Waals surface area contributed by atoms with E-state index < -0.39 is 0 Å². The van der Waals surface area contributed by atoms with Crippen LogP contribution in [-0.4, -0.2) is 16.0 Å². The average Bonchev–Trinajstić information content (AvgIpc) is 2.68. The first-order chi connectivity index (χ1) is 8.74. The van der Waals surface area contributed by atoms with Gasteiger partial charge in [0.15, 0.2) is 5.11 Å². The number of aromatic nitrogens is 1. The summed E-state index contributed by atoms with van der Waals surface area (Å²) >= 11 is 4.89. The Labute approximate surface area is 109 Å². The summed E-state index contributed by atoms with van der Waals surface area (Å²) in [5.41, 5.74) is 2.28. The van der Waals surface area contributed by atoms with E-state index in [1.807, 2.05) is 30.3 Å². The van der Waals surface area contributed by atoms with Crippen molar-refractivity contribution in [2.24, 2.45) is 0 Å². The van der Waals surface area contributed by atoms with Crippen molar-refractivity contribution in [2.75, 3.05) is 0 Å². The van der Waals surface area contributed by atoms with Crippen molar-refractivity contribution in [2.45, 2.75) is 0 Å². The summed E-state index contributed by atoms with van der Waals surface area (Å²) in [5, 5.41) is 6.70. The molecule has 1 amide bonds. The van der Waals surface area contributed by atoms with Gasteiger partial charge in [0.25, 0.3) is 5.91 Å². The molecule has 5 heteroatoms. The molecule has 0 atom stereocenters. The van der Waals surface area contributed by atoms with E-state index in [9.17, 15) is 4.79 Å². The van der Waals surface area contributed by atoms with Crippen molar-refractivity contribution in [3.8, 4) is 0 Å². The van der Waals surface area contributed by atoms with Gasteiger partial charge in [0.2, 0.25) is 0 Å². The molecule has 2 N–H and O–H groups in total. The van der Waals surface area contributed by atoms with E-state index in [1.54, 1.807) is 12.3 Å². The molecule has 0 bridgehead atoms. The number of fused-ring (bicyclic) bond motifs is 1. The Morgan fingerprint density at radius 2 is 2.00 bits per heavy atom. The van der Waals surface area contributed by atoms with Crippen LogP contribution in [0.2, 0.25) is 0 Å². The zero-order valence-corrected chi connectivity index (χ0v) is 10.1. The highest BCUT2D eigenvalue weighted by molar-refractivity contribution is 7.80. The fraction of sp³-hybridized carbons (Fsp3) is 0. The predicted molar refractivity (Wildman–Crippen MR) is 73.6 cm³/mol. The number of para-hydroxylation sites is 1. The van der Waals surface area contributed by atoms with Crippen molar-refractivity contribution in [3.63, 3.8) is 0 Å². The number of hydrogen-bond donors (Lipinski definition) is 2. The number of carbonyl (C=O) groups excluding carboxylic acids is 1. The molecule has 2 heterocycles. The van der Waals surface area contributed by atoms with Gasteiger partial charge in [-0.1, -0.05) is 18.2 Å². The molecule has 0 aliphatic carbocycles. The van der Waals surface area contributed by atoms with Gasteiger partial charge in [-0.25, -0.2) is 0 Å². The maximum atomic E-state index is 11.6. The van der Waals surface area contributed by atoms with E-state index in [2.05, 4.69) is 15.6 Å². The molecule has 1 fully saturated rings. The Kier molecular flexibility index (Phi) is 2.53. The maximum absolute atomic E-state index is 11.6. The molecule has 1 aliphatic rings. The Balaban J connectivity index is 2.13. The van der Waals surface area contributed by atoms with E-state index in [0.717, 1.165) is 16.5 Å². The van der Waals surface area contributed by atoms with Crippen LogP contribution in [-0.2, 0) is 4.79 Å². The molecule has 0 unspecified atom stereocenters. The lowest BCUT2D eigenvalue weighted by molar-refractivity contribution is -0.115. The van der Waals surface area contributed by atoms with Crippen LogP contribution in [0.1, 0.15) is 5.56 Å². The average molecular weight is 255 g/mol. The molecule has 4 nitrogen and oxygen atoms in total. The fourth-order valence-corrected chi connectivity index (χ4v) is 2.08. The Morgan fingerprint density at radius 1 is 1.17 bits per heavy atom. The highest BCUT2D eigenvalue weighted by atomic mass is 32.1. The molecule has 1 aromatic heterocycles. The summed E-state index contributed by atoms with van der Waals surface area (Å²) in [6.07, 6.45) is 3.50. The summed E-state index contributed by atoms with van der Waals surface area (Å²) in [7, 11) is 0. The molecular formula is C13H9N3OS. The van der Waals surface area contributed by atoms with Gasteiger partial charge in [0, 0.05) is 11.6 Å². The molecule has 88 valence electrons. The largest absolute Gasteiger partial charge is 0.328 e. The second-order valence-electron chi connectivity index (χ2n) is 3.88. The normalized spacial score (nSPS) is 17.0. The van der Waals surface area contributed by atoms with Gasteiger partial charge in [0.1, 0.15) is 5.70 Å². The first kappa shape index (κ1) is 10.9. The summed E-state index contributed by atoms with van der Waals surface area (Å²) in [6.45, 7) is 0. The minimum atomic E-state index is -0.208. The lowest BCUT2D eigenvalue weighted by atomic mass is 10.1. The lowest BCUT2D eigenvalue weighted by Crippen LogP contribution is -2.21. The molecule has 0 spiro atoms. The Hall–Kier alpha value is -2.27. The quantitative estimate of drug-likeness (QED) is 0.600. The minimum absolute atomic E-state index is 0.208. The summed E-state index contributed by atoms with van der Waals surface area (Å²) in [4.78, 5) is 15.9. The molecule has 18 heavy (non-hydrogen) atoms. The molecular weight excluding hydrogens is 246 g/mol. The van der Waals surface area contributed by atoms with E-state index in [-0.39, 0.29) is 5.91 Å². The molecule has 0 saturated carbocycles. The van der Waals surface area contributed by atoms with Crippen LogP contribution in [0.25, 0.3) is 17.0 Å². The molecule has 3 rings (SSSR count). The fourth-order valence-electron chi connectivity index (χ4n) is 1.88. The number of rotatable bonds is 1. The van der Waals surface area contributed by atoms with Crippen LogP contribution < -0.4 is 10.6 Å². The molecule has 1 saturated heterocycles. The SMILES string of the molecule is O=C1NC(=S)NC1=Cc1ccnc2ccccc12. The Bertz CT molecular complexity index is 688. The zero-order chi connectivity index (χ0) is 12.5. The van der Waals surface area contributed by atoms with Gasteiger partial charge in [-0.2, -0.15) is 0 Å². The zero-order valence-electron chi connectivity index (χ0n) is 9.31. The molecule has 1 aromatic carbocycles. The molecule has 1 aliphatic heterocycles. The molecule has 2 aromatic rings. The van der Waals surface area contributed by atoms with E-state index in [4.69, 9.17) is 12.2 Å². The van der Waals surface area contributed by atoms with Gasteiger partial charge in [-0.05, 0) is 36.0 Å². The highest BCUT2D eigenvalue weighted by Crippen LogP contribution is 2.19. The van der Waals surface area contributed by atoms with Crippen LogP contribution in [0.5, 0.6) is 0 Å². The number of pyridine rings is 1. The van der Waals surface area contributed by atoms with Crippen LogP contribution in [0.15, 0.2) is 42.2 Å². The number of carbonyl (C=O) groups is 1. The van der Waals surface area contributed by atoms with E-state index in [1.165, 1.54) is 0 Å². The second-order valence-corrected chi connectivity index (χ2v) is 4.29. The topological polar surface area (TPSA) is 54.0 Å². The van der Waals surface area contributed by atoms with Crippen molar-refractivity contribution < 1.29 is 4.79 Å². The predicted octanol–water partition coefficient (Wildman–Crippen LogP) is 1.58. The minimum Gasteiger partial charge on any atom is -0.328 e. The summed E-state index contributed by atoms with van der Waals surface area (Å²) < 4.78 is 0. The van der Waals surface area contributed by atoms with Crippen molar-refractivity contribution in [3.05, 3.63) is 47.8 Å². The number of hydrogen-bond acceptors (Lipinski definition) is 3. The number of benzene rings is 1. The van der Waals surface area contributed by atoms with Crippen LogP contribution in [0, 0.1) is 0 Å². The number of amides is 1.